The second-order valence-electron chi connectivity index (χ2n) is 10.5. The van der Waals surface area contributed by atoms with Crippen LogP contribution in [-0.4, -0.2) is 50.4 Å². The van der Waals surface area contributed by atoms with Crippen LogP contribution in [0.15, 0.2) is 24.3 Å². The number of ether oxygens (including phenoxy) is 1. The van der Waals surface area contributed by atoms with Crippen LogP contribution in [0.1, 0.15) is 73.1 Å². The molecule has 33 heavy (non-hydrogen) atoms. The molecule has 0 unspecified atom stereocenters. The van der Waals surface area contributed by atoms with Gasteiger partial charge in [0.2, 0.25) is 15.9 Å². The van der Waals surface area contributed by atoms with Crippen molar-refractivity contribution < 1.29 is 17.9 Å². The number of morpholine rings is 1. The third kappa shape index (κ3) is 6.28. The van der Waals surface area contributed by atoms with Crippen molar-refractivity contribution in [1.82, 2.24) is 4.72 Å². The minimum atomic E-state index is -3.37. The molecule has 186 valence electrons. The highest BCUT2D eigenvalue weighted by atomic mass is 32.2. The first-order valence-electron chi connectivity index (χ1n) is 12.3. The Morgan fingerprint density at radius 2 is 1.70 bits per heavy atom. The minimum absolute atomic E-state index is 0.0160. The Balaban J connectivity index is 1.51. The molecule has 1 saturated carbocycles. The molecule has 1 aliphatic heterocycles. The summed E-state index contributed by atoms with van der Waals surface area (Å²) in [5.74, 6) is -0.0729. The van der Waals surface area contributed by atoms with Crippen LogP contribution in [0, 0.1) is 5.92 Å². The summed E-state index contributed by atoms with van der Waals surface area (Å²) in [4.78, 5) is 15.2. The van der Waals surface area contributed by atoms with Crippen molar-refractivity contribution in [2.24, 2.45) is 5.92 Å². The first-order valence-corrected chi connectivity index (χ1v) is 13.8. The second kappa shape index (κ2) is 10.3. The molecule has 0 atom stereocenters. The number of amides is 1. The Morgan fingerprint density at radius 3 is 2.24 bits per heavy atom. The second-order valence-corrected chi connectivity index (χ2v) is 12.9. The van der Waals surface area contributed by atoms with E-state index in [4.69, 9.17) is 4.74 Å². The van der Waals surface area contributed by atoms with Gasteiger partial charge < -0.3 is 15.0 Å². The third-order valence-electron chi connectivity index (χ3n) is 7.26. The van der Waals surface area contributed by atoms with Gasteiger partial charge >= 0.3 is 0 Å². The third-order valence-corrected chi connectivity index (χ3v) is 9.52. The van der Waals surface area contributed by atoms with Crippen LogP contribution in [0.25, 0.3) is 0 Å². The molecule has 1 aromatic rings. The van der Waals surface area contributed by atoms with Crippen molar-refractivity contribution in [2.75, 3.05) is 29.9 Å². The lowest BCUT2D eigenvalue weighted by atomic mass is 9.86. The van der Waals surface area contributed by atoms with E-state index in [1.165, 1.54) is 0 Å². The quantitative estimate of drug-likeness (QED) is 0.609. The zero-order valence-electron chi connectivity index (χ0n) is 20.8. The molecule has 3 rings (SSSR count). The summed E-state index contributed by atoms with van der Waals surface area (Å²) in [7, 11) is -3.37. The fraction of sp³-hybridized carbons (Fsp3) is 0.720. The largest absolute Gasteiger partial charge is 0.371 e. The van der Waals surface area contributed by atoms with Crippen molar-refractivity contribution in [1.29, 1.82) is 0 Å². The number of carbonyl (C=O) groups is 1. The summed E-state index contributed by atoms with van der Waals surface area (Å²) in [6.07, 6.45) is 4.72. The van der Waals surface area contributed by atoms with E-state index in [-0.39, 0.29) is 23.5 Å². The van der Waals surface area contributed by atoms with E-state index in [0.717, 1.165) is 43.9 Å². The molecule has 2 N–H and O–H groups in total. The van der Waals surface area contributed by atoms with Crippen molar-refractivity contribution in [3.8, 4) is 0 Å². The van der Waals surface area contributed by atoms with E-state index in [0.29, 0.717) is 25.7 Å². The fourth-order valence-electron chi connectivity index (χ4n) is 4.61. The zero-order chi connectivity index (χ0) is 24.3. The summed E-state index contributed by atoms with van der Waals surface area (Å²) in [5.41, 5.74) is 1.87. The van der Waals surface area contributed by atoms with Gasteiger partial charge in [-0.05, 0) is 83.6 Å². The molecule has 0 bridgehead atoms. The number of nitrogens with one attached hydrogen (secondary N) is 2. The number of carbonyl (C=O) groups excluding carboxylic acids is 1. The zero-order valence-corrected chi connectivity index (χ0v) is 21.6. The van der Waals surface area contributed by atoms with Crippen molar-refractivity contribution in [3.05, 3.63) is 24.3 Å². The van der Waals surface area contributed by atoms with Crippen LogP contribution in [0.3, 0.4) is 0 Å². The summed E-state index contributed by atoms with van der Waals surface area (Å²) >= 11 is 0. The number of nitrogens with zero attached hydrogens (tertiary/aromatic N) is 1. The smallest absolute Gasteiger partial charge is 0.227 e. The Morgan fingerprint density at radius 1 is 1.09 bits per heavy atom. The molecule has 0 radical (unpaired) electrons. The monoisotopic (exact) mass is 479 g/mol. The molecule has 0 spiro atoms. The number of hydrogen-bond donors (Lipinski definition) is 2. The van der Waals surface area contributed by atoms with Gasteiger partial charge in [0.1, 0.15) is 0 Å². The number of hydrogen-bond acceptors (Lipinski definition) is 5. The van der Waals surface area contributed by atoms with E-state index in [9.17, 15) is 13.2 Å². The van der Waals surface area contributed by atoms with Crippen molar-refractivity contribution >= 4 is 27.3 Å². The summed E-state index contributed by atoms with van der Waals surface area (Å²) < 4.78 is 32.8. The first kappa shape index (κ1) is 26.0. The molecule has 1 amide bonds. The molecule has 1 heterocycles. The lowest BCUT2D eigenvalue weighted by Gasteiger charge is -2.43. The Kier molecular flexibility index (Phi) is 8.12. The van der Waals surface area contributed by atoms with Gasteiger partial charge in [0.25, 0.3) is 0 Å². The average Bonchev–Trinajstić information content (AvgIpc) is 2.79. The van der Waals surface area contributed by atoms with Gasteiger partial charge in [-0.15, -0.1) is 0 Å². The normalized spacial score (nSPS) is 23.8. The fourth-order valence-corrected chi connectivity index (χ4v) is 5.64. The van der Waals surface area contributed by atoms with E-state index in [1.807, 2.05) is 12.1 Å². The molecular formula is C25H41N3O4S. The maximum Gasteiger partial charge on any atom is 0.227 e. The van der Waals surface area contributed by atoms with Gasteiger partial charge in [-0.2, -0.15) is 0 Å². The highest BCUT2D eigenvalue weighted by Gasteiger charge is 2.35. The SMILES string of the molecule is CCC1(CC)CN(c2ccc(NC(=O)[C@H]3CC[C@H](NS(=O)(=O)C(C)(C)C)CC3)cc2)CCO1. The molecule has 2 aliphatic rings. The molecule has 1 saturated heterocycles. The maximum absolute atomic E-state index is 12.8. The molecule has 0 aromatic heterocycles. The number of rotatable bonds is 7. The Hall–Kier alpha value is -1.64. The standard InChI is InChI=1S/C25H41N3O4S/c1-6-25(7-2)18-28(16-17-32-25)22-14-12-20(13-15-22)26-23(29)19-8-10-21(11-9-19)27-33(30,31)24(3,4)5/h12-15,19,21,27H,6-11,16-18H2,1-5H3,(H,26,29)/t19-,21-. The topological polar surface area (TPSA) is 87.7 Å². The summed E-state index contributed by atoms with van der Waals surface area (Å²) in [6, 6.07) is 7.96. The van der Waals surface area contributed by atoms with E-state index in [1.54, 1.807) is 20.8 Å². The van der Waals surface area contributed by atoms with Crippen molar-refractivity contribution in [2.45, 2.75) is 89.5 Å². The number of benzene rings is 1. The molecule has 2 fully saturated rings. The number of sulfonamides is 1. The lowest BCUT2D eigenvalue weighted by molar-refractivity contribution is -0.120. The van der Waals surface area contributed by atoms with E-state index < -0.39 is 14.8 Å². The molecule has 7 nitrogen and oxygen atoms in total. The van der Waals surface area contributed by atoms with Crippen molar-refractivity contribution in [3.63, 3.8) is 0 Å². The lowest BCUT2D eigenvalue weighted by Crippen LogP contribution is -2.51. The highest BCUT2D eigenvalue weighted by molar-refractivity contribution is 7.90. The highest BCUT2D eigenvalue weighted by Crippen LogP contribution is 2.30. The first-order chi connectivity index (χ1) is 15.5. The molecule has 8 heteroatoms. The van der Waals surface area contributed by atoms with Crippen LogP contribution < -0.4 is 14.9 Å². The Labute approximate surface area is 199 Å². The van der Waals surface area contributed by atoms with Crippen LogP contribution in [-0.2, 0) is 19.6 Å². The van der Waals surface area contributed by atoms with Gasteiger partial charge in [-0.1, -0.05) is 13.8 Å². The van der Waals surface area contributed by atoms with Gasteiger partial charge in [-0.25, -0.2) is 13.1 Å². The Bertz CT molecular complexity index is 897. The van der Waals surface area contributed by atoms with Gasteiger partial charge in [0.05, 0.1) is 17.0 Å². The molecule has 1 aromatic carbocycles. The molecular weight excluding hydrogens is 438 g/mol. The minimum Gasteiger partial charge on any atom is -0.371 e. The van der Waals surface area contributed by atoms with Crippen LogP contribution in [0.2, 0.25) is 0 Å². The molecule has 1 aliphatic carbocycles. The van der Waals surface area contributed by atoms with Crippen LogP contribution >= 0.6 is 0 Å². The van der Waals surface area contributed by atoms with Crippen LogP contribution in [0.4, 0.5) is 11.4 Å². The predicted molar refractivity (Wildman–Crippen MR) is 134 cm³/mol. The number of anilines is 2. The van der Waals surface area contributed by atoms with E-state index >= 15 is 0 Å². The van der Waals surface area contributed by atoms with E-state index in [2.05, 4.69) is 40.9 Å². The maximum atomic E-state index is 12.8. The van der Waals surface area contributed by atoms with Crippen LogP contribution in [0.5, 0.6) is 0 Å². The van der Waals surface area contributed by atoms with Gasteiger partial charge in [-0.3, -0.25) is 4.79 Å². The summed E-state index contributed by atoms with van der Waals surface area (Å²) in [6.45, 7) is 11.9. The van der Waals surface area contributed by atoms with Gasteiger partial charge in [0.15, 0.2) is 0 Å². The summed E-state index contributed by atoms with van der Waals surface area (Å²) in [5, 5.41) is 3.05. The predicted octanol–water partition coefficient (Wildman–Crippen LogP) is 4.30. The van der Waals surface area contributed by atoms with Gasteiger partial charge in [0, 0.05) is 36.4 Å². The average molecular weight is 480 g/mol.